The van der Waals surface area contributed by atoms with E-state index in [9.17, 15) is 21.6 Å². The summed E-state index contributed by atoms with van der Waals surface area (Å²) in [5.74, 6) is -0.553. The molecule has 1 amide bonds. The zero-order valence-electron chi connectivity index (χ0n) is 21.3. The van der Waals surface area contributed by atoms with E-state index in [-0.39, 0.29) is 26.1 Å². The van der Waals surface area contributed by atoms with Gasteiger partial charge in [0.05, 0.1) is 26.2 Å². The molecule has 4 rings (SSSR count). The van der Waals surface area contributed by atoms with Crippen molar-refractivity contribution in [2.24, 2.45) is 0 Å². The molecule has 0 radical (unpaired) electrons. The van der Waals surface area contributed by atoms with Crippen LogP contribution in [0.1, 0.15) is 27.0 Å². The Balaban J connectivity index is 1.52. The first-order valence-corrected chi connectivity index (χ1v) is 15.1. The van der Waals surface area contributed by atoms with Crippen LogP contribution in [0, 0.1) is 20.8 Å². The predicted octanol–water partition coefficient (Wildman–Crippen LogP) is 6.12. The molecule has 0 atom stereocenters. The third-order valence-electron chi connectivity index (χ3n) is 5.92. The molecule has 8 nitrogen and oxygen atoms in total. The largest absolute Gasteiger partial charge is 0.322 e. The molecule has 0 saturated heterocycles. The maximum atomic E-state index is 13.2. The molecular weight excluding hydrogens is 558 g/mol. The third-order valence-corrected chi connectivity index (χ3v) is 9.14. The van der Waals surface area contributed by atoms with Crippen LogP contribution in [-0.2, 0) is 20.0 Å². The van der Waals surface area contributed by atoms with E-state index in [4.69, 9.17) is 11.6 Å². The summed E-state index contributed by atoms with van der Waals surface area (Å²) in [6.07, 6.45) is 0. The van der Waals surface area contributed by atoms with Crippen molar-refractivity contribution in [2.45, 2.75) is 30.6 Å². The van der Waals surface area contributed by atoms with E-state index in [1.54, 1.807) is 50.2 Å². The highest BCUT2D eigenvalue weighted by atomic mass is 35.5. The Bertz CT molecular complexity index is 1770. The number of rotatable bonds is 8. The molecule has 0 aliphatic rings. The van der Waals surface area contributed by atoms with E-state index in [0.29, 0.717) is 16.9 Å². The number of hydrogen-bond donors (Lipinski definition) is 3. The Hall–Kier alpha value is -3.86. The van der Waals surface area contributed by atoms with E-state index in [1.165, 1.54) is 36.4 Å². The van der Waals surface area contributed by atoms with Crippen molar-refractivity contribution < 1.29 is 21.6 Å². The molecule has 0 fully saturated rings. The third kappa shape index (κ3) is 6.59. The van der Waals surface area contributed by atoms with Crippen LogP contribution in [-0.4, -0.2) is 22.7 Å². The second-order valence-electron chi connectivity index (χ2n) is 8.97. The fourth-order valence-electron chi connectivity index (χ4n) is 3.74. The Morgan fingerprint density at radius 2 is 1.33 bits per heavy atom. The minimum atomic E-state index is -3.98. The number of halogens is 1. The lowest BCUT2D eigenvalue weighted by atomic mass is 10.1. The van der Waals surface area contributed by atoms with E-state index < -0.39 is 26.0 Å². The maximum absolute atomic E-state index is 13.2. The number of aryl methyl sites for hydroxylation is 3. The van der Waals surface area contributed by atoms with Crippen LogP contribution < -0.4 is 14.8 Å². The van der Waals surface area contributed by atoms with Gasteiger partial charge in [-0.2, -0.15) is 0 Å². The van der Waals surface area contributed by atoms with Crippen molar-refractivity contribution >= 4 is 54.6 Å². The highest BCUT2D eigenvalue weighted by Crippen LogP contribution is 2.26. The van der Waals surface area contributed by atoms with Crippen molar-refractivity contribution in [1.29, 1.82) is 0 Å². The summed E-state index contributed by atoms with van der Waals surface area (Å²) in [7, 11) is -7.89. The van der Waals surface area contributed by atoms with Gasteiger partial charge in [-0.3, -0.25) is 14.2 Å². The van der Waals surface area contributed by atoms with Gasteiger partial charge in [-0.15, -0.1) is 0 Å². The first-order chi connectivity index (χ1) is 18.4. The van der Waals surface area contributed by atoms with Crippen molar-refractivity contribution in [3.05, 3.63) is 112 Å². The number of amides is 1. The number of carbonyl (C=O) groups is 1. The SMILES string of the molecule is Cc1ccc(C)c(NS(=O)(=O)c2cc(C(=O)Nc3ccc(S(=O)(=O)Nc4ccccc4Cl)cc3)ccc2C)c1. The molecule has 0 aliphatic carbocycles. The summed E-state index contributed by atoms with van der Waals surface area (Å²) >= 11 is 6.04. The number of hydrogen-bond acceptors (Lipinski definition) is 5. The molecule has 3 N–H and O–H groups in total. The molecule has 4 aromatic rings. The molecule has 0 spiro atoms. The summed E-state index contributed by atoms with van der Waals surface area (Å²) in [5, 5.41) is 2.93. The van der Waals surface area contributed by atoms with Crippen molar-refractivity contribution in [1.82, 2.24) is 0 Å². The number of para-hydroxylation sites is 1. The van der Waals surface area contributed by atoms with Crippen LogP contribution in [0.4, 0.5) is 17.1 Å². The molecular formula is C28H26ClN3O5S2. The monoisotopic (exact) mass is 583 g/mol. The van der Waals surface area contributed by atoms with Gasteiger partial charge in [0.2, 0.25) is 0 Å². The van der Waals surface area contributed by atoms with Crippen LogP contribution in [0.5, 0.6) is 0 Å². The van der Waals surface area contributed by atoms with Gasteiger partial charge < -0.3 is 5.32 Å². The first kappa shape index (κ1) is 28.2. The second kappa shape index (κ2) is 11.1. The topological polar surface area (TPSA) is 121 Å². The highest BCUT2D eigenvalue weighted by Gasteiger charge is 2.21. The maximum Gasteiger partial charge on any atom is 0.262 e. The smallest absolute Gasteiger partial charge is 0.262 e. The standard InChI is InChI=1S/C28H26ClN3O5S2/c1-18-8-9-19(2)26(16-18)32-39(36,37)27-17-21(11-10-20(27)3)28(33)30-22-12-14-23(15-13-22)38(34,35)31-25-7-5-4-6-24(25)29/h4-17,31-32H,1-3H3,(H,30,33). The number of sulfonamides is 2. The summed E-state index contributed by atoms with van der Waals surface area (Å²) in [5.41, 5.74) is 3.31. The van der Waals surface area contributed by atoms with Gasteiger partial charge >= 0.3 is 0 Å². The summed E-state index contributed by atoms with van der Waals surface area (Å²) in [6.45, 7) is 5.32. The number of carbonyl (C=O) groups excluding carboxylic acids is 1. The minimum absolute atomic E-state index is 0.0249. The van der Waals surface area contributed by atoms with Crippen LogP contribution in [0.15, 0.2) is 94.7 Å². The number of anilines is 3. The summed E-state index contributed by atoms with van der Waals surface area (Å²) in [4.78, 5) is 12.9. The van der Waals surface area contributed by atoms with E-state index in [1.807, 2.05) is 19.1 Å². The van der Waals surface area contributed by atoms with E-state index in [0.717, 1.165) is 11.1 Å². The zero-order valence-corrected chi connectivity index (χ0v) is 23.7. The van der Waals surface area contributed by atoms with Gasteiger partial charge in [0.25, 0.3) is 26.0 Å². The Morgan fingerprint density at radius 1 is 0.692 bits per heavy atom. The van der Waals surface area contributed by atoms with Crippen molar-refractivity contribution in [2.75, 3.05) is 14.8 Å². The Kier molecular flexibility index (Phi) is 8.01. The van der Waals surface area contributed by atoms with Gasteiger partial charge in [-0.1, -0.05) is 41.9 Å². The highest BCUT2D eigenvalue weighted by molar-refractivity contribution is 7.93. The molecule has 0 unspecified atom stereocenters. The minimum Gasteiger partial charge on any atom is -0.322 e. The van der Waals surface area contributed by atoms with Crippen molar-refractivity contribution in [3.63, 3.8) is 0 Å². The van der Waals surface area contributed by atoms with Gasteiger partial charge in [-0.25, -0.2) is 16.8 Å². The van der Waals surface area contributed by atoms with E-state index >= 15 is 0 Å². The molecule has 11 heteroatoms. The van der Waals surface area contributed by atoms with Gasteiger partial charge in [0.15, 0.2) is 0 Å². The average molecular weight is 584 g/mol. The zero-order chi connectivity index (χ0) is 28.4. The van der Waals surface area contributed by atoms with Crippen molar-refractivity contribution in [3.8, 4) is 0 Å². The lowest BCUT2D eigenvalue weighted by molar-refractivity contribution is 0.102. The molecule has 4 aromatic carbocycles. The van der Waals surface area contributed by atoms with Crippen LogP contribution >= 0.6 is 11.6 Å². The lowest BCUT2D eigenvalue weighted by Gasteiger charge is -2.14. The normalized spacial score (nSPS) is 11.6. The van der Waals surface area contributed by atoms with Crippen LogP contribution in [0.3, 0.4) is 0 Å². The number of benzene rings is 4. The molecule has 202 valence electrons. The molecule has 0 saturated carbocycles. The molecule has 0 heterocycles. The fraction of sp³-hybridized carbons (Fsp3) is 0.107. The predicted molar refractivity (Wildman–Crippen MR) is 155 cm³/mol. The molecule has 0 aliphatic heterocycles. The molecule has 39 heavy (non-hydrogen) atoms. The number of nitrogens with one attached hydrogen (secondary N) is 3. The fourth-order valence-corrected chi connectivity index (χ4v) is 6.46. The molecule has 0 aromatic heterocycles. The molecule has 0 bridgehead atoms. The lowest BCUT2D eigenvalue weighted by Crippen LogP contribution is -2.18. The van der Waals surface area contributed by atoms with E-state index in [2.05, 4.69) is 14.8 Å². The summed E-state index contributed by atoms with van der Waals surface area (Å²) in [6, 6.07) is 21.9. The summed E-state index contributed by atoms with van der Waals surface area (Å²) < 4.78 is 56.9. The van der Waals surface area contributed by atoms with Gasteiger partial charge in [0, 0.05) is 11.3 Å². The first-order valence-electron chi connectivity index (χ1n) is 11.8. The van der Waals surface area contributed by atoms with Crippen LogP contribution in [0.2, 0.25) is 5.02 Å². The Morgan fingerprint density at radius 3 is 2.03 bits per heavy atom. The quantitative estimate of drug-likeness (QED) is 0.231. The second-order valence-corrected chi connectivity index (χ2v) is 12.7. The van der Waals surface area contributed by atoms with Gasteiger partial charge in [-0.05, 0) is 92.1 Å². The Labute approximate surface area is 233 Å². The average Bonchev–Trinajstić information content (AvgIpc) is 2.88. The van der Waals surface area contributed by atoms with Crippen LogP contribution in [0.25, 0.3) is 0 Å². The van der Waals surface area contributed by atoms with Gasteiger partial charge in [0.1, 0.15) is 0 Å².